The second-order valence-electron chi connectivity index (χ2n) is 6.84. The molecule has 0 radical (unpaired) electrons. The quantitative estimate of drug-likeness (QED) is 0.657. The summed E-state index contributed by atoms with van der Waals surface area (Å²) in [6, 6.07) is 10.3. The number of nitrogens with zero attached hydrogens (tertiary/aromatic N) is 3. The lowest BCUT2D eigenvalue weighted by Gasteiger charge is -2.16. The predicted molar refractivity (Wildman–Crippen MR) is 100 cm³/mol. The lowest BCUT2D eigenvalue weighted by molar-refractivity contribution is -0.117. The Bertz CT molecular complexity index is 1010. The zero-order valence-electron chi connectivity index (χ0n) is 14.9. The van der Waals surface area contributed by atoms with Gasteiger partial charge in [-0.2, -0.15) is 4.98 Å². The van der Waals surface area contributed by atoms with E-state index in [0.717, 1.165) is 16.7 Å². The second-order valence-corrected chi connectivity index (χ2v) is 7.25. The van der Waals surface area contributed by atoms with E-state index in [1.165, 1.54) is 12.1 Å². The third-order valence-corrected chi connectivity index (χ3v) is 4.91. The molecule has 1 fully saturated rings. The highest BCUT2D eigenvalue weighted by atomic mass is 35.5. The first-order valence-electron chi connectivity index (χ1n) is 8.58. The lowest BCUT2D eigenvalue weighted by Crippen LogP contribution is -2.24. The molecule has 1 aromatic heterocycles. The predicted octanol–water partition coefficient (Wildman–Crippen LogP) is 4.67. The number of carbonyl (C=O) groups is 1. The Morgan fingerprint density at radius 3 is 2.63 bits per heavy atom. The summed E-state index contributed by atoms with van der Waals surface area (Å²) in [5, 5.41) is 4.06. The third-order valence-electron chi connectivity index (χ3n) is 4.62. The summed E-state index contributed by atoms with van der Waals surface area (Å²) < 4.78 is 18.8. The monoisotopic (exact) mass is 385 g/mol. The highest BCUT2D eigenvalue weighted by Gasteiger charge is 2.35. The zero-order valence-corrected chi connectivity index (χ0v) is 15.6. The fraction of sp³-hybridized carbons (Fsp3) is 0.250. The first kappa shape index (κ1) is 17.7. The molecule has 7 heteroatoms. The van der Waals surface area contributed by atoms with Crippen LogP contribution in [-0.4, -0.2) is 22.6 Å². The van der Waals surface area contributed by atoms with E-state index in [0.29, 0.717) is 23.9 Å². The Labute approximate surface area is 160 Å². The van der Waals surface area contributed by atoms with Gasteiger partial charge >= 0.3 is 0 Å². The van der Waals surface area contributed by atoms with E-state index in [4.69, 9.17) is 16.1 Å². The molecule has 3 aromatic rings. The van der Waals surface area contributed by atoms with Gasteiger partial charge in [-0.3, -0.25) is 4.79 Å². The number of carbonyl (C=O) groups excluding carboxylic acids is 1. The number of benzene rings is 2. The molecule has 0 aliphatic carbocycles. The van der Waals surface area contributed by atoms with Crippen LogP contribution in [0.5, 0.6) is 0 Å². The van der Waals surface area contributed by atoms with Crippen molar-refractivity contribution in [2.75, 3.05) is 11.4 Å². The Hall–Kier alpha value is -2.73. The van der Waals surface area contributed by atoms with Gasteiger partial charge in [0.2, 0.25) is 5.91 Å². The van der Waals surface area contributed by atoms with Crippen molar-refractivity contribution in [1.82, 2.24) is 10.1 Å². The number of amides is 1. The van der Waals surface area contributed by atoms with Gasteiger partial charge in [0.15, 0.2) is 5.82 Å². The standard InChI is InChI=1S/C20H17ClFN3O2/c1-11-5-12(2)7-13(6-11)20-23-19(24-27-20)14-8-18(26)25(10-14)15-3-4-17(22)16(21)9-15/h3-7,9,14H,8,10H2,1-2H3. The van der Waals surface area contributed by atoms with Gasteiger partial charge in [0, 0.05) is 30.1 Å². The number of hydrogen-bond donors (Lipinski definition) is 0. The smallest absolute Gasteiger partial charge is 0.257 e. The average Bonchev–Trinajstić information content (AvgIpc) is 3.23. The molecule has 0 saturated carbocycles. The summed E-state index contributed by atoms with van der Waals surface area (Å²) in [5.74, 6) is 0.144. The molecule has 27 heavy (non-hydrogen) atoms. The first-order chi connectivity index (χ1) is 12.9. The summed E-state index contributed by atoms with van der Waals surface area (Å²) in [4.78, 5) is 18.5. The van der Waals surface area contributed by atoms with Crippen LogP contribution in [0.3, 0.4) is 0 Å². The zero-order chi connectivity index (χ0) is 19.1. The number of anilines is 1. The van der Waals surface area contributed by atoms with Crippen LogP contribution in [-0.2, 0) is 4.79 Å². The van der Waals surface area contributed by atoms with E-state index in [9.17, 15) is 9.18 Å². The number of hydrogen-bond acceptors (Lipinski definition) is 4. The molecule has 5 nitrogen and oxygen atoms in total. The number of aryl methyl sites for hydroxylation is 2. The van der Waals surface area contributed by atoms with Crippen LogP contribution in [0.15, 0.2) is 40.9 Å². The van der Waals surface area contributed by atoms with Crippen LogP contribution in [0.25, 0.3) is 11.5 Å². The van der Waals surface area contributed by atoms with Crippen LogP contribution in [0.2, 0.25) is 5.02 Å². The van der Waals surface area contributed by atoms with Gasteiger partial charge in [-0.1, -0.05) is 34.0 Å². The molecular weight excluding hydrogens is 369 g/mol. The summed E-state index contributed by atoms with van der Waals surface area (Å²) in [7, 11) is 0. The molecule has 4 rings (SSSR count). The number of halogens is 2. The van der Waals surface area contributed by atoms with E-state index in [1.807, 2.05) is 26.0 Å². The average molecular weight is 386 g/mol. The van der Waals surface area contributed by atoms with E-state index in [-0.39, 0.29) is 23.3 Å². The second kappa shape index (κ2) is 6.78. The SMILES string of the molecule is Cc1cc(C)cc(-c2nc(C3CC(=O)N(c4ccc(F)c(Cl)c4)C3)no2)c1. The van der Waals surface area contributed by atoms with Gasteiger partial charge in [0.05, 0.1) is 5.02 Å². The normalized spacial score (nSPS) is 17.0. The Morgan fingerprint density at radius 2 is 1.93 bits per heavy atom. The van der Waals surface area contributed by atoms with Crippen LogP contribution >= 0.6 is 11.6 Å². The van der Waals surface area contributed by atoms with Crippen LogP contribution in [0.1, 0.15) is 29.3 Å². The highest BCUT2D eigenvalue weighted by molar-refractivity contribution is 6.31. The van der Waals surface area contributed by atoms with Crippen molar-refractivity contribution in [2.24, 2.45) is 0 Å². The van der Waals surface area contributed by atoms with E-state index in [2.05, 4.69) is 16.2 Å². The molecule has 0 N–H and O–H groups in total. The van der Waals surface area contributed by atoms with Crippen molar-refractivity contribution in [3.8, 4) is 11.5 Å². The van der Waals surface area contributed by atoms with E-state index in [1.54, 1.807) is 11.0 Å². The van der Waals surface area contributed by atoms with Crippen LogP contribution in [0, 0.1) is 19.7 Å². The first-order valence-corrected chi connectivity index (χ1v) is 8.96. The third kappa shape index (κ3) is 3.45. The number of aromatic nitrogens is 2. The molecule has 1 amide bonds. The van der Waals surface area contributed by atoms with E-state index >= 15 is 0 Å². The lowest BCUT2D eigenvalue weighted by atomic mass is 10.1. The molecule has 0 bridgehead atoms. The van der Waals surface area contributed by atoms with Crippen molar-refractivity contribution in [3.63, 3.8) is 0 Å². The number of rotatable bonds is 3. The van der Waals surface area contributed by atoms with Gasteiger partial charge in [-0.05, 0) is 44.2 Å². The van der Waals surface area contributed by atoms with Crippen molar-refractivity contribution in [2.45, 2.75) is 26.2 Å². The van der Waals surface area contributed by atoms with Crippen molar-refractivity contribution >= 4 is 23.2 Å². The maximum absolute atomic E-state index is 13.4. The van der Waals surface area contributed by atoms with Crippen LogP contribution < -0.4 is 4.90 Å². The molecule has 1 aliphatic heterocycles. The fourth-order valence-corrected chi connectivity index (χ4v) is 3.57. The molecule has 2 aromatic carbocycles. The van der Waals surface area contributed by atoms with Crippen molar-refractivity contribution in [1.29, 1.82) is 0 Å². The Balaban J connectivity index is 1.57. The van der Waals surface area contributed by atoms with Crippen LogP contribution in [0.4, 0.5) is 10.1 Å². The van der Waals surface area contributed by atoms with Gasteiger partial charge in [-0.15, -0.1) is 0 Å². The molecule has 1 saturated heterocycles. The van der Waals surface area contributed by atoms with E-state index < -0.39 is 5.82 Å². The van der Waals surface area contributed by atoms with Gasteiger partial charge in [0.25, 0.3) is 5.89 Å². The maximum atomic E-state index is 13.4. The molecule has 138 valence electrons. The summed E-state index contributed by atoms with van der Waals surface area (Å²) in [6.45, 7) is 4.41. The molecule has 2 heterocycles. The highest BCUT2D eigenvalue weighted by Crippen LogP contribution is 2.33. The van der Waals surface area contributed by atoms with Gasteiger partial charge in [-0.25, -0.2) is 4.39 Å². The van der Waals surface area contributed by atoms with Gasteiger partial charge < -0.3 is 9.42 Å². The molecule has 1 unspecified atom stereocenters. The molecule has 1 atom stereocenters. The Kier molecular flexibility index (Phi) is 4.44. The minimum atomic E-state index is -0.514. The minimum Gasteiger partial charge on any atom is -0.334 e. The fourth-order valence-electron chi connectivity index (χ4n) is 3.40. The van der Waals surface area contributed by atoms with Crippen molar-refractivity contribution < 1.29 is 13.7 Å². The maximum Gasteiger partial charge on any atom is 0.257 e. The van der Waals surface area contributed by atoms with Gasteiger partial charge in [0.1, 0.15) is 5.82 Å². The largest absolute Gasteiger partial charge is 0.334 e. The van der Waals surface area contributed by atoms with Crippen molar-refractivity contribution in [3.05, 3.63) is 64.2 Å². The molecule has 1 aliphatic rings. The topological polar surface area (TPSA) is 59.2 Å². The summed E-state index contributed by atoms with van der Waals surface area (Å²) in [5.41, 5.74) is 3.64. The minimum absolute atomic E-state index is 0.0135. The Morgan fingerprint density at radius 1 is 1.19 bits per heavy atom. The molecular formula is C20H17ClFN3O2. The molecule has 0 spiro atoms. The summed E-state index contributed by atoms with van der Waals surface area (Å²) in [6.07, 6.45) is 0.265. The summed E-state index contributed by atoms with van der Waals surface area (Å²) >= 11 is 5.84.